The van der Waals surface area contributed by atoms with Crippen LogP contribution in [0.15, 0.2) is 42.7 Å². The molecule has 0 aliphatic heterocycles. The Kier molecular flexibility index (Phi) is 4.61. The average Bonchev–Trinajstić information content (AvgIpc) is 3.24. The molecule has 0 spiro atoms. The third-order valence-corrected chi connectivity index (χ3v) is 4.58. The molecule has 0 saturated carbocycles. The molecule has 0 aliphatic carbocycles. The molecule has 0 unspecified atom stereocenters. The fourth-order valence-corrected chi connectivity index (χ4v) is 3.15. The van der Waals surface area contributed by atoms with E-state index in [1.165, 1.54) is 11.3 Å². The number of carbonyl (C=O) groups excluding carboxylic acids is 1. The number of aromatic nitrogens is 3. The number of hydrogen-bond donors (Lipinski definition) is 1. The van der Waals surface area contributed by atoms with Crippen molar-refractivity contribution < 1.29 is 9.53 Å². The van der Waals surface area contributed by atoms with Gasteiger partial charge in [-0.3, -0.25) is 9.48 Å². The van der Waals surface area contributed by atoms with Crippen LogP contribution in [0.4, 0.5) is 5.13 Å². The topological polar surface area (TPSA) is 69.0 Å². The number of ether oxygens (including phenoxy) is 1. The van der Waals surface area contributed by atoms with Crippen LogP contribution in [-0.4, -0.2) is 27.8 Å². The molecule has 24 heavy (non-hydrogen) atoms. The van der Waals surface area contributed by atoms with Crippen molar-refractivity contribution in [3.63, 3.8) is 0 Å². The average molecular weight is 342 g/mol. The number of nitrogens with one attached hydrogen (secondary N) is 1. The number of anilines is 1. The Morgan fingerprint density at radius 2 is 2.08 bits per heavy atom. The van der Waals surface area contributed by atoms with Crippen LogP contribution in [0.5, 0.6) is 5.75 Å². The Morgan fingerprint density at radius 1 is 1.33 bits per heavy atom. The lowest BCUT2D eigenvalue weighted by Crippen LogP contribution is -2.23. The van der Waals surface area contributed by atoms with Crippen LogP contribution in [0.25, 0.3) is 11.3 Å². The van der Waals surface area contributed by atoms with E-state index in [-0.39, 0.29) is 5.91 Å². The zero-order valence-corrected chi connectivity index (χ0v) is 14.5. The minimum absolute atomic E-state index is 0.145. The lowest BCUT2D eigenvalue weighted by molar-refractivity contribution is -0.119. The van der Waals surface area contributed by atoms with E-state index in [2.05, 4.69) is 15.4 Å². The van der Waals surface area contributed by atoms with Crippen molar-refractivity contribution in [2.75, 3.05) is 12.4 Å². The molecule has 124 valence electrons. The van der Waals surface area contributed by atoms with Crippen molar-refractivity contribution >= 4 is 22.4 Å². The number of thiazole rings is 1. The monoisotopic (exact) mass is 342 g/mol. The standard InChI is InChI=1S/C17H18N4O2S/c1-11(21-10-4-9-18-21)16(22)20-17-19-15(12(2)24-17)13-5-7-14(23-3)8-6-13/h4-11H,1-3H3,(H,19,20,22)/t11-/m1/s1. The molecule has 1 aromatic carbocycles. The van der Waals surface area contributed by atoms with Crippen LogP contribution >= 0.6 is 11.3 Å². The highest BCUT2D eigenvalue weighted by Crippen LogP contribution is 2.31. The minimum atomic E-state index is -0.395. The highest BCUT2D eigenvalue weighted by Gasteiger charge is 2.18. The van der Waals surface area contributed by atoms with E-state index in [0.29, 0.717) is 5.13 Å². The Hall–Kier alpha value is -2.67. The predicted molar refractivity (Wildman–Crippen MR) is 94.4 cm³/mol. The first-order valence-corrected chi connectivity index (χ1v) is 8.32. The van der Waals surface area contributed by atoms with Gasteiger partial charge in [-0.25, -0.2) is 4.98 Å². The normalized spacial score (nSPS) is 12.0. The molecule has 2 aromatic heterocycles. The first kappa shape index (κ1) is 16.2. The summed E-state index contributed by atoms with van der Waals surface area (Å²) in [4.78, 5) is 17.9. The van der Waals surface area contributed by atoms with Crippen molar-refractivity contribution in [1.82, 2.24) is 14.8 Å². The van der Waals surface area contributed by atoms with Gasteiger partial charge in [0.05, 0.1) is 12.8 Å². The molecular weight excluding hydrogens is 324 g/mol. The first-order valence-electron chi connectivity index (χ1n) is 7.50. The van der Waals surface area contributed by atoms with Crippen LogP contribution in [0.1, 0.15) is 17.8 Å². The van der Waals surface area contributed by atoms with Crippen molar-refractivity contribution in [1.29, 1.82) is 0 Å². The second-order valence-corrected chi connectivity index (χ2v) is 6.51. The molecule has 1 amide bonds. The molecular formula is C17H18N4O2S. The number of methoxy groups -OCH3 is 1. The predicted octanol–water partition coefficient (Wildman–Crippen LogP) is 3.52. The van der Waals surface area contributed by atoms with E-state index in [9.17, 15) is 4.79 Å². The second kappa shape index (κ2) is 6.84. The van der Waals surface area contributed by atoms with E-state index >= 15 is 0 Å². The van der Waals surface area contributed by atoms with E-state index < -0.39 is 6.04 Å². The first-order chi connectivity index (χ1) is 11.6. The summed E-state index contributed by atoms with van der Waals surface area (Å²) in [7, 11) is 1.64. The Bertz CT molecular complexity index is 825. The molecule has 0 radical (unpaired) electrons. The van der Waals surface area contributed by atoms with Gasteiger partial charge in [0, 0.05) is 22.8 Å². The summed E-state index contributed by atoms with van der Waals surface area (Å²) in [6, 6.07) is 9.10. The van der Waals surface area contributed by atoms with Crippen molar-refractivity contribution in [2.24, 2.45) is 0 Å². The highest BCUT2D eigenvalue weighted by atomic mass is 32.1. The van der Waals surface area contributed by atoms with Gasteiger partial charge in [0.2, 0.25) is 0 Å². The molecule has 1 N–H and O–H groups in total. The molecule has 0 bridgehead atoms. The van der Waals surface area contributed by atoms with Crippen molar-refractivity contribution in [3.05, 3.63) is 47.6 Å². The van der Waals surface area contributed by atoms with Gasteiger partial charge in [-0.15, -0.1) is 11.3 Å². The second-order valence-electron chi connectivity index (χ2n) is 5.30. The maximum Gasteiger partial charge on any atom is 0.250 e. The quantitative estimate of drug-likeness (QED) is 0.770. The van der Waals surface area contributed by atoms with Gasteiger partial charge in [0.15, 0.2) is 5.13 Å². The van der Waals surface area contributed by atoms with Gasteiger partial charge >= 0.3 is 0 Å². The summed E-state index contributed by atoms with van der Waals surface area (Å²) in [5.41, 5.74) is 1.86. The van der Waals surface area contributed by atoms with Crippen molar-refractivity contribution in [2.45, 2.75) is 19.9 Å². The zero-order valence-electron chi connectivity index (χ0n) is 13.7. The van der Waals surface area contributed by atoms with Gasteiger partial charge in [-0.1, -0.05) is 0 Å². The van der Waals surface area contributed by atoms with Crippen LogP contribution in [-0.2, 0) is 4.79 Å². The zero-order chi connectivity index (χ0) is 17.1. The van der Waals surface area contributed by atoms with Crippen LogP contribution in [0.2, 0.25) is 0 Å². The molecule has 2 heterocycles. The number of aryl methyl sites for hydroxylation is 1. The van der Waals surface area contributed by atoms with Crippen LogP contribution in [0, 0.1) is 6.92 Å². The summed E-state index contributed by atoms with van der Waals surface area (Å²) >= 11 is 1.46. The maximum atomic E-state index is 12.3. The van der Waals surface area contributed by atoms with Gasteiger partial charge < -0.3 is 10.1 Å². The van der Waals surface area contributed by atoms with Gasteiger partial charge in [0.1, 0.15) is 11.8 Å². The molecule has 3 aromatic rings. The van der Waals surface area contributed by atoms with Crippen LogP contribution < -0.4 is 10.1 Å². The smallest absolute Gasteiger partial charge is 0.250 e. The summed E-state index contributed by atoms with van der Waals surface area (Å²) in [5, 5.41) is 7.54. The van der Waals surface area contributed by atoms with E-state index in [1.807, 2.05) is 31.2 Å². The van der Waals surface area contributed by atoms with E-state index in [0.717, 1.165) is 21.9 Å². The van der Waals surface area contributed by atoms with Gasteiger partial charge in [-0.05, 0) is 44.2 Å². The molecule has 0 fully saturated rings. The number of nitrogens with zero attached hydrogens (tertiary/aromatic N) is 3. The SMILES string of the molecule is COc1ccc(-c2nc(NC(=O)[C@@H](C)n3cccn3)sc2C)cc1. The molecule has 6 nitrogen and oxygen atoms in total. The highest BCUT2D eigenvalue weighted by molar-refractivity contribution is 7.16. The Balaban J connectivity index is 1.77. The number of amides is 1. The van der Waals surface area contributed by atoms with Gasteiger partial charge in [0.25, 0.3) is 5.91 Å². The number of carbonyl (C=O) groups is 1. The fourth-order valence-electron chi connectivity index (χ4n) is 2.31. The number of hydrogen-bond acceptors (Lipinski definition) is 5. The molecule has 3 rings (SSSR count). The summed E-state index contributed by atoms with van der Waals surface area (Å²) in [5.74, 6) is 0.655. The van der Waals surface area contributed by atoms with Gasteiger partial charge in [-0.2, -0.15) is 5.10 Å². The molecule has 1 atom stereocenters. The van der Waals surface area contributed by atoms with Crippen molar-refractivity contribution in [3.8, 4) is 17.0 Å². The fraction of sp³-hybridized carbons (Fsp3) is 0.235. The summed E-state index contributed by atoms with van der Waals surface area (Å²) < 4.78 is 6.78. The largest absolute Gasteiger partial charge is 0.497 e. The minimum Gasteiger partial charge on any atom is -0.497 e. The molecule has 0 aliphatic rings. The van der Waals surface area contributed by atoms with E-state index in [4.69, 9.17) is 4.74 Å². The molecule has 7 heteroatoms. The van der Waals surface area contributed by atoms with Crippen LogP contribution in [0.3, 0.4) is 0 Å². The maximum absolute atomic E-state index is 12.3. The number of rotatable bonds is 5. The third kappa shape index (κ3) is 3.30. The van der Waals surface area contributed by atoms with E-state index in [1.54, 1.807) is 37.2 Å². The third-order valence-electron chi connectivity index (χ3n) is 3.69. The lowest BCUT2D eigenvalue weighted by Gasteiger charge is -2.10. The molecule has 0 saturated heterocycles. The Labute approximate surface area is 144 Å². The summed E-state index contributed by atoms with van der Waals surface area (Å²) in [6.07, 6.45) is 3.42. The number of benzene rings is 1. The lowest BCUT2D eigenvalue weighted by atomic mass is 10.1. The Morgan fingerprint density at radius 3 is 2.71 bits per heavy atom. The summed E-state index contributed by atoms with van der Waals surface area (Å²) in [6.45, 7) is 3.79.